The van der Waals surface area contributed by atoms with Crippen molar-refractivity contribution >= 4 is 46.2 Å². The molecule has 1 aliphatic rings. The maximum Gasteiger partial charge on any atom is 0.337 e. The fourth-order valence-corrected chi connectivity index (χ4v) is 3.97. The number of hydrogen-bond donors (Lipinski definition) is 1. The van der Waals surface area contributed by atoms with Crippen molar-refractivity contribution in [3.63, 3.8) is 0 Å². The fraction of sp³-hybridized carbons (Fsp3) is 0.200. The Morgan fingerprint density at radius 1 is 1.14 bits per heavy atom. The number of thioether (sulfide) groups is 1. The number of anilines is 2. The van der Waals surface area contributed by atoms with Crippen LogP contribution < -0.4 is 14.5 Å². The number of methoxy groups -OCH3 is 1. The summed E-state index contributed by atoms with van der Waals surface area (Å²) in [5.41, 5.74) is 0.505. The minimum absolute atomic E-state index is 0.0273. The minimum Gasteiger partial charge on any atom is -0.495 e. The van der Waals surface area contributed by atoms with Crippen LogP contribution in [0, 0.1) is 0 Å². The van der Waals surface area contributed by atoms with Crippen LogP contribution in [0.3, 0.4) is 0 Å². The first-order valence-corrected chi connectivity index (χ1v) is 9.49. The summed E-state index contributed by atoms with van der Waals surface area (Å²) in [5.74, 6) is -1.78. The summed E-state index contributed by atoms with van der Waals surface area (Å²) in [4.78, 5) is 51.5. The first kappa shape index (κ1) is 20.4. The average molecular weight is 414 g/mol. The van der Waals surface area contributed by atoms with Crippen LogP contribution in [0.4, 0.5) is 16.2 Å². The Kier molecular flexibility index (Phi) is 5.88. The zero-order chi connectivity index (χ0) is 21.1. The van der Waals surface area contributed by atoms with Crippen LogP contribution in [-0.2, 0) is 9.59 Å². The predicted octanol–water partition coefficient (Wildman–Crippen LogP) is 3.01. The number of nitrogens with zero attached hydrogens (tertiary/aromatic N) is 2. The number of carboxylic acid groups (broad SMARTS) is 1. The van der Waals surface area contributed by atoms with Crippen LogP contribution in [0.1, 0.15) is 16.8 Å². The number of aromatic carboxylic acids is 1. The lowest BCUT2D eigenvalue weighted by molar-refractivity contribution is -0.122. The van der Waals surface area contributed by atoms with Crippen LogP contribution in [0.15, 0.2) is 48.5 Å². The van der Waals surface area contributed by atoms with E-state index in [0.29, 0.717) is 11.4 Å². The SMILES string of the molecule is COc1ccccc1N1C(=O)SC(CC(=O)N(C)c2ccccc2C(=O)O)C1=O. The summed E-state index contributed by atoms with van der Waals surface area (Å²) >= 11 is 0.765. The van der Waals surface area contributed by atoms with Gasteiger partial charge in [-0.3, -0.25) is 14.4 Å². The van der Waals surface area contributed by atoms with Crippen molar-refractivity contribution in [3.8, 4) is 5.75 Å². The molecule has 29 heavy (non-hydrogen) atoms. The molecule has 0 radical (unpaired) electrons. The molecule has 8 nitrogen and oxygen atoms in total. The summed E-state index contributed by atoms with van der Waals surface area (Å²) in [6.45, 7) is 0. The monoisotopic (exact) mass is 414 g/mol. The Morgan fingerprint density at radius 2 is 1.79 bits per heavy atom. The van der Waals surface area contributed by atoms with Gasteiger partial charge in [-0.25, -0.2) is 9.69 Å². The zero-order valence-electron chi connectivity index (χ0n) is 15.7. The lowest BCUT2D eigenvalue weighted by Gasteiger charge is -2.20. The molecule has 1 fully saturated rings. The van der Waals surface area contributed by atoms with Gasteiger partial charge < -0.3 is 14.7 Å². The highest BCUT2D eigenvalue weighted by atomic mass is 32.2. The lowest BCUT2D eigenvalue weighted by atomic mass is 10.1. The van der Waals surface area contributed by atoms with Crippen molar-refractivity contribution in [1.29, 1.82) is 0 Å². The molecule has 0 saturated carbocycles. The largest absolute Gasteiger partial charge is 0.495 e. The molecule has 1 atom stereocenters. The summed E-state index contributed by atoms with van der Waals surface area (Å²) in [5, 5.41) is 7.91. The number of hydrogen-bond acceptors (Lipinski definition) is 6. The van der Waals surface area contributed by atoms with Crippen LogP contribution in [0.25, 0.3) is 0 Å². The first-order chi connectivity index (χ1) is 13.8. The highest BCUT2D eigenvalue weighted by Crippen LogP contribution is 2.38. The highest BCUT2D eigenvalue weighted by Gasteiger charge is 2.43. The van der Waals surface area contributed by atoms with Gasteiger partial charge in [-0.1, -0.05) is 24.3 Å². The van der Waals surface area contributed by atoms with Crippen molar-refractivity contribution in [2.75, 3.05) is 24.0 Å². The smallest absolute Gasteiger partial charge is 0.337 e. The van der Waals surface area contributed by atoms with Crippen molar-refractivity contribution < 1.29 is 29.0 Å². The molecule has 1 N–H and O–H groups in total. The molecule has 9 heteroatoms. The molecule has 0 spiro atoms. The van der Waals surface area contributed by atoms with E-state index in [9.17, 15) is 24.3 Å². The van der Waals surface area contributed by atoms with E-state index >= 15 is 0 Å². The van der Waals surface area contributed by atoms with Gasteiger partial charge in [0.1, 0.15) is 11.0 Å². The number of carboxylic acids is 1. The Hall–Kier alpha value is -3.33. The van der Waals surface area contributed by atoms with E-state index in [4.69, 9.17) is 4.74 Å². The summed E-state index contributed by atoms with van der Waals surface area (Å²) in [6.07, 6.45) is -0.245. The normalized spacial score (nSPS) is 16.1. The van der Waals surface area contributed by atoms with Crippen molar-refractivity contribution in [1.82, 2.24) is 0 Å². The summed E-state index contributed by atoms with van der Waals surface area (Å²) in [7, 11) is 2.88. The van der Waals surface area contributed by atoms with Gasteiger partial charge >= 0.3 is 5.97 Å². The van der Waals surface area contributed by atoms with E-state index in [2.05, 4.69) is 0 Å². The van der Waals surface area contributed by atoms with E-state index in [1.165, 1.54) is 31.2 Å². The minimum atomic E-state index is -1.16. The third-order valence-corrected chi connectivity index (χ3v) is 5.51. The number of para-hydroxylation sites is 3. The maximum atomic E-state index is 12.8. The van der Waals surface area contributed by atoms with Crippen molar-refractivity contribution in [3.05, 3.63) is 54.1 Å². The molecule has 1 saturated heterocycles. The number of amides is 3. The van der Waals surface area contributed by atoms with Gasteiger partial charge in [0, 0.05) is 13.5 Å². The van der Waals surface area contributed by atoms with E-state index in [1.54, 1.807) is 36.4 Å². The van der Waals surface area contributed by atoms with Gasteiger partial charge in [0.15, 0.2) is 0 Å². The maximum absolute atomic E-state index is 12.8. The Bertz CT molecular complexity index is 992. The average Bonchev–Trinajstić information content (AvgIpc) is 3.00. The molecular weight excluding hydrogens is 396 g/mol. The van der Waals surface area contributed by atoms with Gasteiger partial charge in [0.05, 0.1) is 24.0 Å². The molecule has 3 amide bonds. The molecule has 2 aromatic carbocycles. The van der Waals surface area contributed by atoms with Crippen LogP contribution in [0.2, 0.25) is 0 Å². The topological polar surface area (TPSA) is 104 Å². The third kappa shape index (κ3) is 3.95. The number of rotatable bonds is 6. The lowest BCUT2D eigenvalue weighted by Crippen LogP contribution is -2.35. The molecule has 2 aromatic rings. The van der Waals surface area contributed by atoms with E-state index in [1.807, 2.05) is 0 Å². The fourth-order valence-electron chi connectivity index (χ4n) is 3.00. The molecule has 0 aliphatic carbocycles. The standard InChI is InChI=1S/C20H18N2O6S/c1-21(13-8-4-3-7-12(13)19(25)26)17(23)11-16-18(24)22(20(27)29-16)14-9-5-6-10-15(14)28-2/h3-10,16H,11H2,1-2H3,(H,25,26). The van der Waals surface area contributed by atoms with Crippen LogP contribution >= 0.6 is 11.8 Å². The second kappa shape index (κ2) is 8.36. The van der Waals surface area contributed by atoms with E-state index in [-0.39, 0.29) is 17.7 Å². The number of benzene rings is 2. The quantitative estimate of drug-likeness (QED) is 0.775. The number of carbonyl (C=O) groups excluding carboxylic acids is 3. The Balaban J connectivity index is 1.79. The van der Waals surface area contributed by atoms with Gasteiger partial charge in [-0.15, -0.1) is 0 Å². The van der Waals surface area contributed by atoms with E-state index < -0.39 is 28.3 Å². The second-order valence-corrected chi connectivity index (χ2v) is 7.35. The number of carbonyl (C=O) groups is 4. The number of ether oxygens (including phenoxy) is 1. The van der Waals surface area contributed by atoms with Crippen molar-refractivity contribution in [2.24, 2.45) is 0 Å². The van der Waals surface area contributed by atoms with Crippen LogP contribution in [0.5, 0.6) is 5.75 Å². The molecule has 1 heterocycles. The van der Waals surface area contributed by atoms with E-state index in [0.717, 1.165) is 16.7 Å². The molecule has 1 unspecified atom stereocenters. The van der Waals surface area contributed by atoms with Gasteiger partial charge in [-0.2, -0.15) is 0 Å². The van der Waals surface area contributed by atoms with Crippen LogP contribution in [-0.4, -0.2) is 47.5 Å². The third-order valence-electron chi connectivity index (χ3n) is 4.48. The van der Waals surface area contributed by atoms with Gasteiger partial charge in [-0.05, 0) is 36.0 Å². The van der Waals surface area contributed by atoms with Gasteiger partial charge in [0.2, 0.25) is 11.8 Å². The molecule has 0 aromatic heterocycles. The Morgan fingerprint density at radius 3 is 2.48 bits per heavy atom. The van der Waals surface area contributed by atoms with Crippen molar-refractivity contribution in [2.45, 2.75) is 11.7 Å². The molecule has 150 valence electrons. The number of imide groups is 1. The Labute approximate surface area is 171 Å². The highest BCUT2D eigenvalue weighted by molar-refractivity contribution is 8.15. The molecule has 3 rings (SSSR count). The second-order valence-electron chi connectivity index (χ2n) is 6.20. The predicted molar refractivity (Wildman–Crippen MR) is 109 cm³/mol. The molecule has 1 aliphatic heterocycles. The van der Waals surface area contributed by atoms with Gasteiger partial charge in [0.25, 0.3) is 5.24 Å². The first-order valence-electron chi connectivity index (χ1n) is 8.61. The zero-order valence-corrected chi connectivity index (χ0v) is 16.5. The molecule has 0 bridgehead atoms. The summed E-state index contributed by atoms with van der Waals surface area (Å²) < 4.78 is 5.22. The molecular formula is C20H18N2O6S. The summed E-state index contributed by atoms with van der Waals surface area (Å²) in [6, 6.07) is 12.7.